The summed E-state index contributed by atoms with van der Waals surface area (Å²) < 4.78 is 18.5. The van der Waals surface area contributed by atoms with Crippen LogP contribution in [0, 0.1) is 15.9 Å². The minimum Gasteiger partial charge on any atom is -0.491 e. The first kappa shape index (κ1) is 18.3. The van der Waals surface area contributed by atoms with E-state index in [0.717, 1.165) is 4.90 Å². The van der Waals surface area contributed by atoms with Gasteiger partial charge >= 0.3 is 6.03 Å². The maximum atomic E-state index is 13.1. The molecule has 1 atom stereocenters. The van der Waals surface area contributed by atoms with Gasteiger partial charge in [-0.15, -0.1) is 0 Å². The molecule has 3 rings (SSSR count). The third kappa shape index (κ3) is 3.71. The molecule has 2 aromatic carbocycles. The number of ether oxygens (including phenoxy) is 1. The fourth-order valence-electron chi connectivity index (χ4n) is 2.81. The normalized spacial score (nSPS) is 16.7. The van der Waals surface area contributed by atoms with Gasteiger partial charge in [0.05, 0.1) is 17.5 Å². The van der Waals surface area contributed by atoms with E-state index in [1.807, 2.05) is 0 Å². The van der Waals surface area contributed by atoms with Crippen molar-refractivity contribution in [3.05, 3.63) is 64.5 Å². The van der Waals surface area contributed by atoms with Crippen LogP contribution in [0.5, 0.6) is 5.75 Å². The van der Waals surface area contributed by atoms with Gasteiger partial charge in [0.2, 0.25) is 0 Å². The van der Waals surface area contributed by atoms with Crippen LogP contribution in [0.3, 0.4) is 0 Å². The molecule has 0 spiro atoms. The maximum Gasteiger partial charge on any atom is 0.332 e. The number of carbonyl (C=O) groups excluding carboxylic acids is 2. The Kier molecular flexibility index (Phi) is 5.02. The van der Waals surface area contributed by atoms with Crippen molar-refractivity contribution in [1.29, 1.82) is 0 Å². The van der Waals surface area contributed by atoms with Gasteiger partial charge in [0, 0.05) is 11.8 Å². The molecule has 0 aliphatic carbocycles. The van der Waals surface area contributed by atoms with Crippen LogP contribution in [0.2, 0.25) is 0 Å². The highest BCUT2D eigenvalue weighted by Crippen LogP contribution is 2.26. The van der Waals surface area contributed by atoms with E-state index in [1.54, 1.807) is 13.0 Å². The average Bonchev–Trinajstić information content (AvgIpc) is 2.86. The van der Waals surface area contributed by atoms with Gasteiger partial charge in [-0.05, 0) is 37.3 Å². The number of non-ortho nitro benzene ring substituents is 1. The summed E-state index contributed by atoms with van der Waals surface area (Å²) in [6, 6.07) is 9.68. The molecule has 27 heavy (non-hydrogen) atoms. The first-order valence-electron chi connectivity index (χ1n) is 8.16. The number of nitro groups is 1. The van der Waals surface area contributed by atoms with Crippen LogP contribution < -0.4 is 9.64 Å². The minimum atomic E-state index is -0.722. The molecule has 1 saturated heterocycles. The fraction of sp³-hybridized carbons (Fsp3) is 0.222. The SMILES string of the molecule is CC1C(=O)N(CCOc2cccc([N+](=O)[O-])c2)C(=O)N1c1ccc(F)cc1. The molecule has 0 N–H and O–H groups in total. The Morgan fingerprint density at radius 1 is 1.19 bits per heavy atom. The van der Waals surface area contributed by atoms with Crippen molar-refractivity contribution in [1.82, 2.24) is 4.90 Å². The molecule has 1 aliphatic heterocycles. The van der Waals surface area contributed by atoms with Crippen LogP contribution in [-0.2, 0) is 4.79 Å². The average molecular weight is 373 g/mol. The van der Waals surface area contributed by atoms with Gasteiger partial charge < -0.3 is 4.74 Å². The summed E-state index contributed by atoms with van der Waals surface area (Å²) in [5, 5.41) is 10.8. The molecule has 3 amide bonds. The van der Waals surface area contributed by atoms with Crippen molar-refractivity contribution < 1.29 is 23.6 Å². The van der Waals surface area contributed by atoms with Gasteiger partial charge in [0.15, 0.2) is 0 Å². The monoisotopic (exact) mass is 373 g/mol. The molecule has 1 heterocycles. The summed E-state index contributed by atoms with van der Waals surface area (Å²) in [6.07, 6.45) is 0. The second-order valence-corrected chi connectivity index (χ2v) is 5.90. The van der Waals surface area contributed by atoms with Gasteiger partial charge in [0.25, 0.3) is 11.6 Å². The number of benzene rings is 2. The van der Waals surface area contributed by atoms with Gasteiger partial charge in [-0.1, -0.05) is 6.07 Å². The first-order chi connectivity index (χ1) is 12.9. The number of urea groups is 1. The third-order valence-electron chi connectivity index (χ3n) is 4.16. The summed E-state index contributed by atoms with van der Waals surface area (Å²) in [6.45, 7) is 1.57. The van der Waals surface area contributed by atoms with Crippen molar-refractivity contribution in [3.8, 4) is 5.75 Å². The lowest BCUT2D eigenvalue weighted by atomic mass is 10.2. The van der Waals surface area contributed by atoms with E-state index in [1.165, 1.54) is 47.4 Å². The molecule has 0 bridgehead atoms. The Balaban J connectivity index is 1.66. The molecular weight excluding hydrogens is 357 g/mol. The lowest BCUT2D eigenvalue weighted by Gasteiger charge is -2.19. The molecule has 2 aromatic rings. The largest absolute Gasteiger partial charge is 0.491 e. The van der Waals surface area contributed by atoms with Crippen LogP contribution in [0.25, 0.3) is 0 Å². The summed E-state index contributed by atoms with van der Waals surface area (Å²) in [4.78, 5) is 37.6. The Labute approximate surface area is 153 Å². The molecule has 1 unspecified atom stereocenters. The van der Waals surface area contributed by atoms with Crippen molar-refractivity contribution in [3.63, 3.8) is 0 Å². The zero-order valence-electron chi connectivity index (χ0n) is 14.4. The number of anilines is 1. The molecule has 0 aromatic heterocycles. The number of carbonyl (C=O) groups is 2. The highest BCUT2D eigenvalue weighted by molar-refractivity contribution is 6.14. The highest BCUT2D eigenvalue weighted by Gasteiger charge is 2.43. The molecule has 140 valence electrons. The van der Waals surface area contributed by atoms with Crippen molar-refractivity contribution in [2.75, 3.05) is 18.1 Å². The van der Waals surface area contributed by atoms with E-state index in [0.29, 0.717) is 5.69 Å². The summed E-state index contributed by atoms with van der Waals surface area (Å²) in [5.41, 5.74) is 0.307. The van der Waals surface area contributed by atoms with E-state index in [-0.39, 0.29) is 24.6 Å². The van der Waals surface area contributed by atoms with E-state index in [9.17, 15) is 24.1 Å². The Morgan fingerprint density at radius 2 is 1.89 bits per heavy atom. The maximum absolute atomic E-state index is 13.1. The zero-order chi connectivity index (χ0) is 19.6. The fourth-order valence-corrected chi connectivity index (χ4v) is 2.81. The quantitative estimate of drug-likeness (QED) is 0.441. The van der Waals surface area contributed by atoms with E-state index < -0.39 is 28.7 Å². The first-order valence-corrected chi connectivity index (χ1v) is 8.16. The van der Waals surface area contributed by atoms with Crippen molar-refractivity contribution in [2.45, 2.75) is 13.0 Å². The predicted molar refractivity (Wildman–Crippen MR) is 94.0 cm³/mol. The molecule has 0 saturated carbocycles. The van der Waals surface area contributed by atoms with Crippen LogP contribution in [-0.4, -0.2) is 41.0 Å². The number of imide groups is 1. The standard InChI is InChI=1S/C18H16FN3O5/c1-12-17(23)20(18(24)21(12)14-7-5-13(19)6-8-14)9-10-27-16-4-2-3-15(11-16)22(25)26/h2-8,11-12H,9-10H2,1H3. The van der Waals surface area contributed by atoms with Gasteiger partial charge in [-0.2, -0.15) is 0 Å². The number of nitrogens with zero attached hydrogens (tertiary/aromatic N) is 3. The lowest BCUT2D eigenvalue weighted by molar-refractivity contribution is -0.384. The topological polar surface area (TPSA) is 93.0 Å². The van der Waals surface area contributed by atoms with Crippen LogP contribution in [0.1, 0.15) is 6.92 Å². The molecule has 1 aliphatic rings. The number of amides is 3. The second-order valence-electron chi connectivity index (χ2n) is 5.90. The molecule has 8 nitrogen and oxygen atoms in total. The van der Waals surface area contributed by atoms with Gasteiger partial charge in [-0.3, -0.25) is 24.7 Å². The van der Waals surface area contributed by atoms with Crippen LogP contribution in [0.4, 0.5) is 20.6 Å². The third-order valence-corrected chi connectivity index (χ3v) is 4.16. The van der Waals surface area contributed by atoms with E-state index in [4.69, 9.17) is 4.74 Å². The molecule has 1 fully saturated rings. The van der Waals surface area contributed by atoms with Gasteiger partial charge in [-0.25, -0.2) is 9.18 Å². The summed E-state index contributed by atoms with van der Waals surface area (Å²) in [7, 11) is 0. The second kappa shape index (κ2) is 7.40. The smallest absolute Gasteiger partial charge is 0.332 e. The Hall–Kier alpha value is -3.49. The van der Waals surface area contributed by atoms with Crippen molar-refractivity contribution in [2.24, 2.45) is 0 Å². The predicted octanol–water partition coefficient (Wildman–Crippen LogP) is 2.97. The lowest BCUT2D eigenvalue weighted by Crippen LogP contribution is -2.36. The summed E-state index contributed by atoms with van der Waals surface area (Å²) in [5.74, 6) is -0.565. The number of rotatable bonds is 6. The van der Waals surface area contributed by atoms with E-state index in [2.05, 4.69) is 0 Å². The van der Waals surface area contributed by atoms with Crippen molar-refractivity contribution >= 4 is 23.3 Å². The van der Waals surface area contributed by atoms with Gasteiger partial charge in [0.1, 0.15) is 24.2 Å². The zero-order valence-corrected chi connectivity index (χ0v) is 14.4. The minimum absolute atomic E-state index is 0.0113. The molecular formula is C18H16FN3O5. The van der Waals surface area contributed by atoms with Crippen LogP contribution >= 0.6 is 0 Å². The Morgan fingerprint density at radius 3 is 2.56 bits per heavy atom. The molecule has 9 heteroatoms. The van der Waals surface area contributed by atoms with Crippen LogP contribution in [0.15, 0.2) is 48.5 Å². The number of hydrogen-bond acceptors (Lipinski definition) is 5. The number of nitro benzene ring substituents is 1. The highest BCUT2D eigenvalue weighted by atomic mass is 19.1. The number of halogens is 1. The molecule has 0 radical (unpaired) electrons. The summed E-state index contributed by atoms with van der Waals surface area (Å²) >= 11 is 0. The Bertz CT molecular complexity index is 887. The van der Waals surface area contributed by atoms with E-state index >= 15 is 0 Å². The number of hydrogen-bond donors (Lipinski definition) is 0.